The summed E-state index contributed by atoms with van der Waals surface area (Å²) in [6.07, 6.45) is 1.62. The van der Waals surface area contributed by atoms with Crippen molar-refractivity contribution in [2.75, 3.05) is 5.73 Å². The molecule has 0 saturated heterocycles. The molecule has 0 aliphatic heterocycles. The molecule has 3 aromatic rings. The van der Waals surface area contributed by atoms with Crippen LogP contribution in [0.3, 0.4) is 0 Å². The topological polar surface area (TPSA) is 43.8 Å². The summed E-state index contributed by atoms with van der Waals surface area (Å²) in [6.45, 7) is 0. The molecule has 0 atom stereocenters. The van der Waals surface area contributed by atoms with Gasteiger partial charge >= 0.3 is 0 Å². The highest BCUT2D eigenvalue weighted by Crippen LogP contribution is 2.33. The Morgan fingerprint density at radius 3 is 2.62 bits per heavy atom. The SMILES string of the molecule is Nc1cn(-c2cccc(F)c2)nc1-c1ccc(Cl)cc1Cl. The van der Waals surface area contributed by atoms with Crippen molar-refractivity contribution in [2.45, 2.75) is 0 Å². The highest BCUT2D eigenvalue weighted by molar-refractivity contribution is 6.36. The molecule has 0 aliphatic carbocycles. The number of nitrogens with zero attached hydrogens (tertiary/aromatic N) is 2. The molecule has 0 unspecified atom stereocenters. The van der Waals surface area contributed by atoms with E-state index >= 15 is 0 Å². The van der Waals surface area contributed by atoms with Crippen molar-refractivity contribution in [3.05, 3.63) is 64.5 Å². The van der Waals surface area contributed by atoms with E-state index in [2.05, 4.69) is 5.10 Å². The molecular weight excluding hydrogens is 312 g/mol. The van der Waals surface area contributed by atoms with Crippen molar-refractivity contribution in [1.82, 2.24) is 9.78 Å². The molecule has 1 heterocycles. The van der Waals surface area contributed by atoms with Crippen LogP contribution in [0.25, 0.3) is 16.9 Å². The van der Waals surface area contributed by atoms with Crippen molar-refractivity contribution in [3.63, 3.8) is 0 Å². The minimum atomic E-state index is -0.340. The maximum Gasteiger partial charge on any atom is 0.125 e. The van der Waals surface area contributed by atoms with Gasteiger partial charge in [0.15, 0.2) is 0 Å². The van der Waals surface area contributed by atoms with Crippen LogP contribution in [0.5, 0.6) is 0 Å². The van der Waals surface area contributed by atoms with E-state index in [4.69, 9.17) is 28.9 Å². The van der Waals surface area contributed by atoms with Crippen LogP contribution in [0.4, 0.5) is 10.1 Å². The predicted octanol–water partition coefficient (Wildman–Crippen LogP) is 4.57. The van der Waals surface area contributed by atoms with Crippen LogP contribution < -0.4 is 5.73 Å². The Morgan fingerprint density at radius 2 is 1.90 bits per heavy atom. The summed E-state index contributed by atoms with van der Waals surface area (Å²) in [5.74, 6) is -0.340. The van der Waals surface area contributed by atoms with Gasteiger partial charge in [-0.25, -0.2) is 9.07 Å². The molecule has 0 saturated carbocycles. The van der Waals surface area contributed by atoms with Gasteiger partial charge in [0.2, 0.25) is 0 Å². The van der Waals surface area contributed by atoms with Crippen molar-refractivity contribution in [1.29, 1.82) is 0 Å². The average molecular weight is 322 g/mol. The van der Waals surface area contributed by atoms with E-state index in [1.807, 2.05) is 0 Å². The van der Waals surface area contributed by atoms with E-state index in [0.717, 1.165) is 0 Å². The number of benzene rings is 2. The minimum absolute atomic E-state index is 0.340. The third-order valence-electron chi connectivity index (χ3n) is 3.00. The molecule has 21 heavy (non-hydrogen) atoms. The second-order valence-electron chi connectivity index (χ2n) is 4.48. The Labute approximate surface area is 130 Å². The molecule has 0 amide bonds. The zero-order valence-corrected chi connectivity index (χ0v) is 12.2. The van der Waals surface area contributed by atoms with E-state index in [1.54, 1.807) is 36.5 Å². The lowest BCUT2D eigenvalue weighted by Crippen LogP contribution is -1.95. The average Bonchev–Trinajstić information content (AvgIpc) is 2.81. The van der Waals surface area contributed by atoms with Gasteiger partial charge in [0.25, 0.3) is 0 Å². The van der Waals surface area contributed by atoms with Crippen molar-refractivity contribution >= 4 is 28.9 Å². The highest BCUT2D eigenvalue weighted by Gasteiger charge is 2.13. The van der Waals surface area contributed by atoms with Crippen LogP contribution in [0.1, 0.15) is 0 Å². The van der Waals surface area contributed by atoms with Gasteiger partial charge in [-0.15, -0.1) is 0 Å². The van der Waals surface area contributed by atoms with Crippen molar-refractivity contribution in [3.8, 4) is 16.9 Å². The zero-order chi connectivity index (χ0) is 15.0. The largest absolute Gasteiger partial charge is 0.396 e. The van der Waals surface area contributed by atoms with E-state index in [-0.39, 0.29) is 5.82 Å². The third-order valence-corrected chi connectivity index (χ3v) is 3.55. The Kier molecular flexibility index (Phi) is 3.57. The van der Waals surface area contributed by atoms with Gasteiger partial charge < -0.3 is 5.73 Å². The molecule has 0 fully saturated rings. The number of aromatic nitrogens is 2. The maximum atomic E-state index is 13.3. The molecule has 3 rings (SSSR count). The number of rotatable bonds is 2. The quantitative estimate of drug-likeness (QED) is 0.751. The summed E-state index contributed by atoms with van der Waals surface area (Å²) >= 11 is 12.0. The van der Waals surface area contributed by atoms with Crippen LogP contribution in [-0.4, -0.2) is 9.78 Å². The third kappa shape index (κ3) is 2.73. The molecule has 0 bridgehead atoms. The van der Waals surface area contributed by atoms with Gasteiger partial charge in [-0.2, -0.15) is 5.10 Å². The molecule has 1 aromatic heterocycles. The smallest absolute Gasteiger partial charge is 0.125 e. The lowest BCUT2D eigenvalue weighted by Gasteiger charge is -2.03. The fraction of sp³-hybridized carbons (Fsp3) is 0. The Bertz CT molecular complexity index is 814. The molecule has 3 nitrogen and oxygen atoms in total. The highest BCUT2D eigenvalue weighted by atomic mass is 35.5. The summed E-state index contributed by atoms with van der Waals surface area (Å²) in [5.41, 5.74) is 8.22. The van der Waals surface area contributed by atoms with Gasteiger partial charge in [-0.1, -0.05) is 29.3 Å². The molecule has 2 aromatic carbocycles. The molecule has 0 aliphatic rings. The van der Waals surface area contributed by atoms with E-state index < -0.39 is 0 Å². The summed E-state index contributed by atoms with van der Waals surface area (Å²) in [7, 11) is 0. The maximum absolute atomic E-state index is 13.3. The van der Waals surface area contributed by atoms with E-state index in [9.17, 15) is 4.39 Å². The number of nitrogens with two attached hydrogens (primary N) is 1. The predicted molar refractivity (Wildman–Crippen MR) is 83.4 cm³/mol. The fourth-order valence-electron chi connectivity index (χ4n) is 2.03. The first-order valence-electron chi connectivity index (χ1n) is 6.11. The first kappa shape index (κ1) is 13.9. The van der Waals surface area contributed by atoms with Crippen LogP contribution in [0, 0.1) is 5.82 Å². The second-order valence-corrected chi connectivity index (χ2v) is 5.33. The standard InChI is InChI=1S/C15H10Cl2FN3/c16-9-4-5-12(13(17)6-9)15-14(19)8-21(20-15)11-3-1-2-10(18)7-11/h1-8H,19H2. The van der Waals surface area contributed by atoms with Crippen LogP contribution in [0.2, 0.25) is 10.0 Å². The van der Waals surface area contributed by atoms with E-state index in [1.165, 1.54) is 16.8 Å². The number of nitrogen functional groups attached to an aromatic ring is 1. The van der Waals surface area contributed by atoms with Crippen LogP contribution in [0.15, 0.2) is 48.7 Å². The van der Waals surface area contributed by atoms with Crippen LogP contribution >= 0.6 is 23.2 Å². The van der Waals surface area contributed by atoms with Crippen LogP contribution in [-0.2, 0) is 0 Å². The van der Waals surface area contributed by atoms with Gasteiger partial charge in [-0.05, 0) is 36.4 Å². The molecule has 0 radical (unpaired) electrons. The van der Waals surface area contributed by atoms with Gasteiger partial charge in [-0.3, -0.25) is 0 Å². The Balaban J connectivity index is 2.10. The lowest BCUT2D eigenvalue weighted by atomic mass is 10.1. The Hall–Kier alpha value is -2.04. The first-order chi connectivity index (χ1) is 10.0. The fourth-order valence-corrected chi connectivity index (χ4v) is 2.53. The van der Waals surface area contributed by atoms with E-state index in [0.29, 0.717) is 32.7 Å². The normalized spacial score (nSPS) is 10.8. The Morgan fingerprint density at radius 1 is 1.10 bits per heavy atom. The summed E-state index contributed by atoms with van der Waals surface area (Å²) in [6, 6.07) is 11.2. The minimum Gasteiger partial charge on any atom is -0.396 e. The zero-order valence-electron chi connectivity index (χ0n) is 10.7. The molecule has 2 N–H and O–H groups in total. The number of halogens is 3. The number of hydrogen-bond donors (Lipinski definition) is 1. The first-order valence-corrected chi connectivity index (χ1v) is 6.87. The van der Waals surface area contributed by atoms with Crippen molar-refractivity contribution < 1.29 is 4.39 Å². The van der Waals surface area contributed by atoms with Gasteiger partial charge in [0.05, 0.1) is 22.6 Å². The molecule has 6 heteroatoms. The second kappa shape index (κ2) is 5.39. The van der Waals surface area contributed by atoms with Gasteiger partial charge in [0.1, 0.15) is 11.5 Å². The molecule has 0 spiro atoms. The summed E-state index contributed by atoms with van der Waals surface area (Å²) < 4.78 is 14.8. The number of anilines is 1. The summed E-state index contributed by atoms with van der Waals surface area (Å²) in [5, 5.41) is 5.37. The summed E-state index contributed by atoms with van der Waals surface area (Å²) in [4.78, 5) is 0. The molecular formula is C15H10Cl2FN3. The van der Waals surface area contributed by atoms with Crippen molar-refractivity contribution in [2.24, 2.45) is 0 Å². The van der Waals surface area contributed by atoms with Gasteiger partial charge in [0, 0.05) is 10.6 Å². The number of hydrogen-bond acceptors (Lipinski definition) is 2. The molecule has 106 valence electrons. The lowest BCUT2D eigenvalue weighted by molar-refractivity contribution is 0.625. The monoisotopic (exact) mass is 321 g/mol.